The molecule has 7 heteroatoms. The SMILES string of the molecule is CSC(C)CNS(=O)(=O)CCOc1ccc(N)cc1. The monoisotopic (exact) mass is 304 g/mol. The second-order valence-corrected chi connectivity index (χ2v) is 7.33. The summed E-state index contributed by atoms with van der Waals surface area (Å²) in [7, 11) is -3.28. The van der Waals surface area contributed by atoms with Gasteiger partial charge in [0.2, 0.25) is 10.0 Å². The summed E-state index contributed by atoms with van der Waals surface area (Å²) in [6.45, 7) is 2.52. The second-order valence-electron chi connectivity index (χ2n) is 4.13. The van der Waals surface area contributed by atoms with E-state index in [0.29, 0.717) is 18.0 Å². The van der Waals surface area contributed by atoms with Crippen molar-refractivity contribution in [3.05, 3.63) is 24.3 Å². The van der Waals surface area contributed by atoms with Crippen molar-refractivity contribution in [1.29, 1.82) is 0 Å². The standard InChI is InChI=1S/C12H20N2O3S2/c1-10(18-2)9-14-19(15,16)8-7-17-12-5-3-11(13)4-6-12/h3-6,10,14H,7-9,13H2,1-2H3. The molecule has 0 fully saturated rings. The predicted octanol–water partition coefficient (Wildman–Crippen LogP) is 1.32. The van der Waals surface area contributed by atoms with Crippen molar-refractivity contribution in [2.75, 3.05) is 30.9 Å². The third kappa shape index (κ3) is 6.70. The van der Waals surface area contributed by atoms with Gasteiger partial charge in [-0.2, -0.15) is 11.8 Å². The van der Waals surface area contributed by atoms with Crippen LogP contribution in [0.25, 0.3) is 0 Å². The van der Waals surface area contributed by atoms with Crippen LogP contribution in [0.4, 0.5) is 5.69 Å². The summed E-state index contributed by atoms with van der Waals surface area (Å²) in [5.74, 6) is 0.556. The quantitative estimate of drug-likeness (QED) is 0.708. The molecule has 5 nitrogen and oxygen atoms in total. The fourth-order valence-corrected chi connectivity index (χ4v) is 2.54. The number of nitrogens with one attached hydrogen (secondary N) is 1. The minimum Gasteiger partial charge on any atom is -0.492 e. The van der Waals surface area contributed by atoms with Crippen LogP contribution in [0, 0.1) is 0 Å². The lowest BCUT2D eigenvalue weighted by Gasteiger charge is -2.11. The van der Waals surface area contributed by atoms with Gasteiger partial charge in [0, 0.05) is 17.5 Å². The maximum Gasteiger partial charge on any atom is 0.214 e. The average molecular weight is 304 g/mol. The van der Waals surface area contributed by atoms with Crippen LogP contribution in [0.1, 0.15) is 6.92 Å². The Morgan fingerprint density at radius 3 is 2.58 bits per heavy atom. The molecule has 1 aromatic rings. The van der Waals surface area contributed by atoms with Gasteiger partial charge in [0.15, 0.2) is 0 Å². The smallest absolute Gasteiger partial charge is 0.214 e. The Balaban J connectivity index is 2.33. The Morgan fingerprint density at radius 1 is 1.37 bits per heavy atom. The van der Waals surface area contributed by atoms with E-state index in [2.05, 4.69) is 4.72 Å². The van der Waals surface area contributed by atoms with Gasteiger partial charge < -0.3 is 10.5 Å². The first-order valence-corrected chi connectivity index (χ1v) is 8.85. The normalized spacial score (nSPS) is 13.2. The highest BCUT2D eigenvalue weighted by Gasteiger charge is 2.11. The van der Waals surface area contributed by atoms with Crippen molar-refractivity contribution in [2.45, 2.75) is 12.2 Å². The van der Waals surface area contributed by atoms with E-state index in [1.807, 2.05) is 13.2 Å². The van der Waals surface area contributed by atoms with E-state index in [9.17, 15) is 8.42 Å². The van der Waals surface area contributed by atoms with Gasteiger partial charge in [0.25, 0.3) is 0 Å². The molecule has 1 atom stereocenters. The molecule has 0 saturated carbocycles. The third-order valence-corrected chi connectivity index (χ3v) is 4.78. The molecule has 0 aliphatic rings. The van der Waals surface area contributed by atoms with Crippen LogP contribution in [0.5, 0.6) is 5.75 Å². The molecule has 1 aromatic carbocycles. The highest BCUT2D eigenvalue weighted by Crippen LogP contribution is 2.12. The molecular weight excluding hydrogens is 284 g/mol. The average Bonchev–Trinajstić information content (AvgIpc) is 2.38. The summed E-state index contributed by atoms with van der Waals surface area (Å²) in [6, 6.07) is 6.85. The number of hydrogen-bond acceptors (Lipinski definition) is 5. The first-order valence-electron chi connectivity index (χ1n) is 5.91. The minimum absolute atomic E-state index is 0.0571. The molecule has 19 heavy (non-hydrogen) atoms. The largest absolute Gasteiger partial charge is 0.492 e. The van der Waals surface area contributed by atoms with Crippen molar-refractivity contribution < 1.29 is 13.2 Å². The van der Waals surface area contributed by atoms with Crippen LogP contribution >= 0.6 is 11.8 Å². The predicted molar refractivity (Wildman–Crippen MR) is 81.1 cm³/mol. The van der Waals surface area contributed by atoms with Crippen LogP contribution in [-0.4, -0.2) is 38.8 Å². The van der Waals surface area contributed by atoms with Crippen LogP contribution in [0.3, 0.4) is 0 Å². The number of nitrogen functional groups attached to an aromatic ring is 1. The first-order chi connectivity index (χ1) is 8.93. The van der Waals surface area contributed by atoms with Crippen molar-refractivity contribution in [1.82, 2.24) is 4.72 Å². The molecular formula is C12H20N2O3S2. The Labute approximate surface area is 119 Å². The Bertz CT molecular complexity index is 474. The summed E-state index contributed by atoms with van der Waals surface area (Å²) < 4.78 is 31.3. The summed E-state index contributed by atoms with van der Waals surface area (Å²) in [5, 5.41) is 0.257. The highest BCUT2D eigenvalue weighted by atomic mass is 32.2. The lowest BCUT2D eigenvalue weighted by molar-refractivity contribution is 0.340. The molecule has 0 spiro atoms. The molecule has 0 saturated heterocycles. The van der Waals surface area contributed by atoms with Crippen LogP contribution < -0.4 is 15.2 Å². The number of sulfonamides is 1. The zero-order valence-corrected chi connectivity index (χ0v) is 12.8. The van der Waals surface area contributed by atoms with Crippen LogP contribution in [0.2, 0.25) is 0 Å². The van der Waals surface area contributed by atoms with E-state index in [1.54, 1.807) is 36.0 Å². The number of thioether (sulfide) groups is 1. The number of anilines is 1. The molecule has 0 bridgehead atoms. The van der Waals surface area contributed by atoms with Crippen molar-refractivity contribution in [3.63, 3.8) is 0 Å². The second kappa shape index (κ2) is 7.62. The molecule has 1 rings (SSSR count). The Kier molecular flexibility index (Phi) is 6.47. The van der Waals surface area contributed by atoms with Crippen molar-refractivity contribution >= 4 is 27.5 Å². The first kappa shape index (κ1) is 16.1. The lowest BCUT2D eigenvalue weighted by Crippen LogP contribution is -2.33. The fraction of sp³-hybridized carbons (Fsp3) is 0.500. The zero-order chi connectivity index (χ0) is 14.3. The summed E-state index contributed by atoms with van der Waals surface area (Å²) >= 11 is 1.62. The van der Waals surface area contributed by atoms with E-state index >= 15 is 0 Å². The summed E-state index contributed by atoms with van der Waals surface area (Å²) in [5.41, 5.74) is 6.19. The summed E-state index contributed by atoms with van der Waals surface area (Å²) in [6.07, 6.45) is 1.95. The number of nitrogens with two attached hydrogens (primary N) is 1. The number of rotatable bonds is 8. The van der Waals surface area contributed by atoms with Crippen LogP contribution in [-0.2, 0) is 10.0 Å². The third-order valence-electron chi connectivity index (χ3n) is 2.49. The van der Waals surface area contributed by atoms with E-state index in [4.69, 9.17) is 10.5 Å². The lowest BCUT2D eigenvalue weighted by atomic mass is 10.3. The van der Waals surface area contributed by atoms with Gasteiger partial charge >= 0.3 is 0 Å². The Morgan fingerprint density at radius 2 is 2.00 bits per heavy atom. The van der Waals surface area contributed by atoms with E-state index in [0.717, 1.165) is 0 Å². The van der Waals surface area contributed by atoms with Gasteiger partial charge in [-0.15, -0.1) is 0 Å². The maximum absolute atomic E-state index is 11.7. The minimum atomic E-state index is -3.28. The molecule has 0 aromatic heterocycles. The van der Waals surface area contributed by atoms with Gasteiger partial charge in [-0.25, -0.2) is 13.1 Å². The molecule has 1 unspecified atom stereocenters. The van der Waals surface area contributed by atoms with E-state index < -0.39 is 10.0 Å². The summed E-state index contributed by atoms with van der Waals surface area (Å²) in [4.78, 5) is 0. The molecule has 0 heterocycles. The van der Waals surface area contributed by atoms with Gasteiger partial charge in [-0.05, 0) is 30.5 Å². The highest BCUT2D eigenvalue weighted by molar-refractivity contribution is 7.99. The molecule has 0 aliphatic heterocycles. The zero-order valence-electron chi connectivity index (χ0n) is 11.1. The van der Waals surface area contributed by atoms with E-state index in [-0.39, 0.29) is 17.6 Å². The van der Waals surface area contributed by atoms with Gasteiger partial charge in [-0.1, -0.05) is 6.92 Å². The fourth-order valence-electron chi connectivity index (χ4n) is 1.23. The van der Waals surface area contributed by atoms with E-state index in [1.165, 1.54) is 0 Å². The molecule has 108 valence electrons. The molecule has 0 amide bonds. The Hall–Kier alpha value is -0.920. The molecule has 3 N–H and O–H groups in total. The topological polar surface area (TPSA) is 81.4 Å². The molecule has 0 aliphatic carbocycles. The van der Waals surface area contributed by atoms with Gasteiger partial charge in [0.05, 0.1) is 5.75 Å². The van der Waals surface area contributed by atoms with Crippen molar-refractivity contribution in [3.8, 4) is 5.75 Å². The van der Waals surface area contributed by atoms with Crippen molar-refractivity contribution in [2.24, 2.45) is 0 Å². The number of ether oxygens (including phenoxy) is 1. The van der Waals surface area contributed by atoms with Gasteiger partial charge in [0.1, 0.15) is 12.4 Å². The number of benzene rings is 1. The van der Waals surface area contributed by atoms with Gasteiger partial charge in [-0.3, -0.25) is 0 Å². The number of hydrogen-bond donors (Lipinski definition) is 2. The molecule has 0 radical (unpaired) electrons. The van der Waals surface area contributed by atoms with Crippen LogP contribution in [0.15, 0.2) is 24.3 Å². The maximum atomic E-state index is 11.7.